The van der Waals surface area contributed by atoms with Crippen LogP contribution < -0.4 is 5.32 Å². The Hall–Kier alpha value is -3.39. The van der Waals surface area contributed by atoms with Gasteiger partial charge in [-0.1, -0.05) is 29.8 Å². The molecule has 32 heavy (non-hydrogen) atoms. The van der Waals surface area contributed by atoms with Crippen molar-refractivity contribution in [2.75, 3.05) is 5.32 Å². The topological polar surface area (TPSA) is 33.5 Å². The Morgan fingerprint density at radius 2 is 1.59 bits per heavy atom. The van der Waals surface area contributed by atoms with Gasteiger partial charge in [0.1, 0.15) is 22.4 Å². The summed E-state index contributed by atoms with van der Waals surface area (Å²) in [7, 11) is 0. The van der Waals surface area contributed by atoms with E-state index in [1.165, 1.54) is 28.7 Å². The fourth-order valence-electron chi connectivity index (χ4n) is 3.51. The number of hydrogen-bond acceptors (Lipinski definition) is 1. The number of rotatable bonds is 3. The highest BCUT2D eigenvalue weighted by Gasteiger charge is 2.36. The Balaban J connectivity index is 1.74. The number of anilines is 1. The van der Waals surface area contributed by atoms with Crippen LogP contribution in [0, 0.1) is 18.6 Å². The summed E-state index contributed by atoms with van der Waals surface area (Å²) >= 11 is 6.25. The molecule has 9 heteroatoms. The van der Waals surface area contributed by atoms with Gasteiger partial charge in [-0.25, -0.2) is 8.78 Å². The Morgan fingerprint density at radius 1 is 0.969 bits per heavy atom. The Morgan fingerprint density at radius 3 is 2.19 bits per heavy atom. The highest BCUT2D eigenvalue weighted by Crippen LogP contribution is 2.41. The summed E-state index contributed by atoms with van der Waals surface area (Å²) in [6.45, 7) is 1.72. The third-order valence-electron chi connectivity index (χ3n) is 4.88. The third kappa shape index (κ3) is 3.93. The molecule has 2 heterocycles. The Labute approximate surface area is 184 Å². The van der Waals surface area contributed by atoms with Crippen molar-refractivity contribution < 1.29 is 26.7 Å². The minimum absolute atomic E-state index is 0.109. The van der Waals surface area contributed by atoms with Gasteiger partial charge < -0.3 is 5.32 Å². The maximum absolute atomic E-state index is 13.8. The van der Waals surface area contributed by atoms with E-state index in [9.17, 15) is 26.7 Å². The molecule has 3 nitrogen and oxygen atoms in total. The first kappa shape index (κ1) is 21.8. The van der Waals surface area contributed by atoms with Crippen LogP contribution in [0.25, 0.3) is 16.8 Å². The lowest BCUT2D eigenvalue weighted by molar-refractivity contribution is -0.137. The number of nitrogens with one attached hydrogen (secondary N) is 1. The number of halogens is 6. The quantitative estimate of drug-likeness (QED) is 0.254. The molecule has 0 radical (unpaired) electrons. The fraction of sp³-hybridized carbons (Fsp3) is 0.0870. The zero-order chi connectivity index (χ0) is 23.2. The van der Waals surface area contributed by atoms with Crippen molar-refractivity contribution in [3.8, 4) is 11.3 Å². The van der Waals surface area contributed by atoms with Crippen LogP contribution in [0.15, 0.2) is 60.7 Å². The van der Waals surface area contributed by atoms with Crippen molar-refractivity contribution in [3.63, 3.8) is 0 Å². The molecule has 0 saturated carbocycles. The standard InChI is InChI=1S/C23H14ClF5N2O/c1-12-9-15-11-16(23(27,28)29)21(31(15)19(24)10-12)13-5-7-14(8-6-13)30-22(32)20-17(25)3-2-4-18(20)26/h2-11H,1H3,(H,30,32). The minimum atomic E-state index is -4.63. The van der Waals surface area contributed by atoms with Crippen LogP contribution in [-0.2, 0) is 6.18 Å². The van der Waals surface area contributed by atoms with Crippen molar-refractivity contribution in [2.45, 2.75) is 13.1 Å². The smallest absolute Gasteiger partial charge is 0.322 e. The van der Waals surface area contributed by atoms with E-state index in [1.807, 2.05) is 0 Å². The van der Waals surface area contributed by atoms with Crippen molar-refractivity contribution in [1.29, 1.82) is 0 Å². The van der Waals surface area contributed by atoms with Crippen LogP contribution in [0.1, 0.15) is 21.5 Å². The van der Waals surface area contributed by atoms with Crippen molar-refractivity contribution in [2.24, 2.45) is 0 Å². The second-order valence-electron chi connectivity index (χ2n) is 7.15. The number of carbonyl (C=O) groups is 1. The predicted octanol–water partition coefficient (Wildman–Crippen LogP) is 7.12. The summed E-state index contributed by atoms with van der Waals surface area (Å²) in [5, 5.41) is 2.45. The van der Waals surface area contributed by atoms with Gasteiger partial charge in [0.25, 0.3) is 5.91 Å². The van der Waals surface area contributed by atoms with Crippen LogP contribution in [0.3, 0.4) is 0 Å². The van der Waals surface area contributed by atoms with Gasteiger partial charge in [0, 0.05) is 11.2 Å². The van der Waals surface area contributed by atoms with Crippen LogP contribution >= 0.6 is 11.6 Å². The molecule has 0 unspecified atom stereocenters. The number of benzene rings is 2. The third-order valence-corrected chi connectivity index (χ3v) is 5.15. The zero-order valence-electron chi connectivity index (χ0n) is 16.4. The van der Waals surface area contributed by atoms with E-state index in [4.69, 9.17) is 11.6 Å². The number of alkyl halides is 3. The Kier molecular flexibility index (Phi) is 5.42. The van der Waals surface area contributed by atoms with Crippen molar-refractivity contribution in [3.05, 3.63) is 94.1 Å². The number of nitrogens with zero attached hydrogens (tertiary/aromatic N) is 1. The fourth-order valence-corrected chi connectivity index (χ4v) is 3.87. The number of amides is 1. The largest absolute Gasteiger partial charge is 0.418 e. The molecule has 0 aliphatic heterocycles. The second kappa shape index (κ2) is 7.94. The molecule has 0 bridgehead atoms. The lowest BCUT2D eigenvalue weighted by Gasteiger charge is -2.12. The van der Waals surface area contributed by atoms with Gasteiger partial charge in [-0.05, 0) is 60.5 Å². The molecule has 0 saturated heterocycles. The van der Waals surface area contributed by atoms with E-state index in [0.29, 0.717) is 5.56 Å². The number of fused-ring (bicyclic) bond motifs is 1. The van der Waals surface area contributed by atoms with Gasteiger partial charge in [-0.15, -0.1) is 0 Å². The molecule has 2 aromatic carbocycles. The van der Waals surface area contributed by atoms with Gasteiger partial charge >= 0.3 is 6.18 Å². The summed E-state index contributed by atoms with van der Waals surface area (Å²) in [5.74, 6) is -3.08. The molecule has 164 valence electrons. The van der Waals surface area contributed by atoms with Crippen molar-refractivity contribution >= 4 is 28.7 Å². The maximum Gasteiger partial charge on any atom is 0.418 e. The predicted molar refractivity (Wildman–Crippen MR) is 112 cm³/mol. The van der Waals surface area contributed by atoms with E-state index in [0.717, 1.165) is 24.3 Å². The summed E-state index contributed by atoms with van der Waals surface area (Å²) in [4.78, 5) is 12.2. The summed E-state index contributed by atoms with van der Waals surface area (Å²) in [6, 6.07) is 12.6. The summed E-state index contributed by atoms with van der Waals surface area (Å²) in [6.07, 6.45) is -4.63. The van der Waals surface area contributed by atoms with E-state index < -0.39 is 34.8 Å². The number of aromatic nitrogens is 1. The van der Waals surface area contributed by atoms with Gasteiger partial charge in [-0.3, -0.25) is 9.20 Å². The van der Waals surface area contributed by atoms with Crippen molar-refractivity contribution in [1.82, 2.24) is 4.40 Å². The monoisotopic (exact) mass is 464 g/mol. The summed E-state index contributed by atoms with van der Waals surface area (Å²) in [5.41, 5.74) is -0.444. The molecule has 0 fully saturated rings. The molecule has 0 aliphatic carbocycles. The molecule has 0 spiro atoms. The van der Waals surface area contributed by atoms with Gasteiger partial charge in [0.15, 0.2) is 0 Å². The maximum atomic E-state index is 13.8. The van der Waals surface area contributed by atoms with Gasteiger partial charge in [0.2, 0.25) is 0 Å². The molecular weight excluding hydrogens is 451 g/mol. The first-order valence-electron chi connectivity index (χ1n) is 9.31. The highest BCUT2D eigenvalue weighted by molar-refractivity contribution is 6.30. The van der Waals surface area contributed by atoms with E-state index in [-0.39, 0.29) is 27.6 Å². The molecule has 1 amide bonds. The first-order valence-corrected chi connectivity index (χ1v) is 9.68. The highest BCUT2D eigenvalue weighted by atomic mass is 35.5. The molecule has 1 N–H and O–H groups in total. The van der Waals surface area contributed by atoms with Gasteiger partial charge in [0.05, 0.1) is 11.3 Å². The normalized spacial score (nSPS) is 11.7. The van der Waals surface area contributed by atoms with E-state index in [1.54, 1.807) is 19.1 Å². The molecule has 4 aromatic rings. The average molecular weight is 465 g/mol. The number of hydrogen-bond donors (Lipinski definition) is 1. The van der Waals surface area contributed by atoms with E-state index in [2.05, 4.69) is 5.32 Å². The molecule has 0 aliphatic rings. The minimum Gasteiger partial charge on any atom is -0.322 e. The van der Waals surface area contributed by atoms with Crippen LogP contribution in [0.2, 0.25) is 5.15 Å². The number of pyridine rings is 1. The lowest BCUT2D eigenvalue weighted by atomic mass is 10.1. The van der Waals surface area contributed by atoms with Crippen LogP contribution in [-0.4, -0.2) is 10.3 Å². The lowest BCUT2D eigenvalue weighted by Crippen LogP contribution is -2.15. The zero-order valence-corrected chi connectivity index (χ0v) is 17.2. The van der Waals surface area contributed by atoms with E-state index >= 15 is 0 Å². The molecular formula is C23H14ClF5N2O. The summed E-state index contributed by atoms with van der Waals surface area (Å²) < 4.78 is 70.1. The molecule has 2 aromatic heterocycles. The number of aryl methyl sites for hydroxylation is 1. The average Bonchev–Trinajstić information content (AvgIpc) is 3.08. The van der Waals surface area contributed by atoms with Crippen LogP contribution in [0.4, 0.5) is 27.6 Å². The molecule has 4 rings (SSSR count). The van der Waals surface area contributed by atoms with Gasteiger partial charge in [-0.2, -0.15) is 13.2 Å². The SMILES string of the molecule is Cc1cc(Cl)n2c(-c3ccc(NC(=O)c4c(F)cccc4F)cc3)c(C(F)(F)F)cc2c1. The Bertz CT molecular complexity index is 1320. The van der Waals surface area contributed by atoms with Crippen LogP contribution in [0.5, 0.6) is 0 Å². The number of carbonyl (C=O) groups excluding carboxylic acids is 1. The second-order valence-corrected chi connectivity index (χ2v) is 7.54. The molecule has 0 atom stereocenters. The first-order chi connectivity index (χ1) is 15.1.